The summed E-state index contributed by atoms with van der Waals surface area (Å²) in [7, 11) is 1.99. The Morgan fingerprint density at radius 2 is 1.91 bits per heavy atom. The number of rotatable bonds is 4. The van der Waals surface area contributed by atoms with Gasteiger partial charge in [0.05, 0.1) is 17.6 Å². The topological polar surface area (TPSA) is 38.1 Å². The molecule has 0 amide bonds. The molecule has 0 unspecified atom stereocenters. The van der Waals surface area contributed by atoms with Crippen LogP contribution in [0, 0.1) is 5.92 Å². The van der Waals surface area contributed by atoms with E-state index in [2.05, 4.69) is 10.00 Å². The van der Waals surface area contributed by atoms with Crippen LogP contribution >= 0.6 is 11.6 Å². The zero-order valence-electron chi connectivity index (χ0n) is 13.4. The van der Waals surface area contributed by atoms with Crippen molar-refractivity contribution in [1.29, 1.82) is 0 Å². The first-order chi connectivity index (χ1) is 11.2. The van der Waals surface area contributed by atoms with Crippen molar-refractivity contribution in [2.75, 3.05) is 18.5 Å². The van der Waals surface area contributed by atoms with Crippen LogP contribution in [-0.4, -0.2) is 23.4 Å². The van der Waals surface area contributed by atoms with Crippen molar-refractivity contribution in [3.8, 4) is 5.69 Å². The highest BCUT2D eigenvalue weighted by Gasteiger charge is 2.19. The Balaban J connectivity index is 1.83. The van der Waals surface area contributed by atoms with Crippen molar-refractivity contribution in [2.45, 2.75) is 32.1 Å². The van der Waals surface area contributed by atoms with Gasteiger partial charge in [-0.05, 0) is 30.9 Å². The summed E-state index contributed by atoms with van der Waals surface area (Å²) in [6.07, 6.45) is 8.17. The summed E-state index contributed by atoms with van der Waals surface area (Å²) in [6.45, 7) is 0.927. The number of para-hydroxylation sites is 1. The van der Waals surface area contributed by atoms with Gasteiger partial charge in [-0.3, -0.25) is 4.79 Å². The van der Waals surface area contributed by atoms with Gasteiger partial charge in [0.1, 0.15) is 5.02 Å². The summed E-state index contributed by atoms with van der Waals surface area (Å²) in [6, 6.07) is 9.34. The first-order valence-corrected chi connectivity index (χ1v) is 8.59. The van der Waals surface area contributed by atoms with Gasteiger partial charge >= 0.3 is 0 Å². The lowest BCUT2D eigenvalue weighted by Crippen LogP contribution is -2.30. The maximum absolute atomic E-state index is 12.5. The molecule has 0 radical (unpaired) electrons. The normalized spacial score (nSPS) is 15.6. The van der Waals surface area contributed by atoms with Crippen LogP contribution in [0.3, 0.4) is 0 Å². The van der Waals surface area contributed by atoms with Gasteiger partial charge in [-0.1, -0.05) is 49.1 Å². The van der Waals surface area contributed by atoms with E-state index in [1.54, 1.807) is 6.20 Å². The lowest BCUT2D eigenvalue weighted by atomic mass is 9.89. The van der Waals surface area contributed by atoms with Crippen molar-refractivity contribution >= 4 is 17.3 Å². The Morgan fingerprint density at radius 3 is 2.61 bits per heavy atom. The summed E-state index contributed by atoms with van der Waals surface area (Å²) in [4.78, 5) is 14.6. The van der Waals surface area contributed by atoms with Gasteiger partial charge in [0.15, 0.2) is 0 Å². The third-order valence-electron chi connectivity index (χ3n) is 4.57. The van der Waals surface area contributed by atoms with E-state index in [0.717, 1.165) is 17.9 Å². The Bertz CT molecular complexity index is 708. The molecular weight excluding hydrogens is 310 g/mol. The van der Waals surface area contributed by atoms with Gasteiger partial charge < -0.3 is 4.90 Å². The number of hydrogen-bond acceptors (Lipinski definition) is 3. The molecule has 1 fully saturated rings. The number of aromatic nitrogens is 2. The minimum Gasteiger partial charge on any atom is -0.372 e. The molecule has 1 aliphatic rings. The Morgan fingerprint density at radius 1 is 1.22 bits per heavy atom. The molecule has 2 aromatic rings. The van der Waals surface area contributed by atoms with E-state index < -0.39 is 0 Å². The predicted octanol–water partition coefficient (Wildman–Crippen LogP) is 3.90. The molecule has 0 spiro atoms. The van der Waals surface area contributed by atoms with E-state index in [1.165, 1.54) is 36.8 Å². The number of benzene rings is 1. The van der Waals surface area contributed by atoms with Crippen molar-refractivity contribution in [2.24, 2.45) is 5.92 Å². The summed E-state index contributed by atoms with van der Waals surface area (Å²) in [5.41, 5.74) is 1.17. The van der Waals surface area contributed by atoms with Gasteiger partial charge in [-0.15, -0.1) is 0 Å². The lowest BCUT2D eigenvalue weighted by molar-refractivity contribution is 0.362. The monoisotopic (exact) mass is 331 g/mol. The fourth-order valence-corrected chi connectivity index (χ4v) is 3.57. The molecule has 5 heteroatoms. The molecule has 0 bridgehead atoms. The van der Waals surface area contributed by atoms with Crippen LogP contribution in [0.2, 0.25) is 5.02 Å². The molecule has 23 heavy (non-hydrogen) atoms. The van der Waals surface area contributed by atoms with E-state index in [0.29, 0.717) is 5.92 Å². The molecule has 1 heterocycles. The Kier molecular flexibility index (Phi) is 5.01. The number of halogens is 1. The van der Waals surface area contributed by atoms with Crippen LogP contribution in [0.5, 0.6) is 0 Å². The predicted molar refractivity (Wildman–Crippen MR) is 94.7 cm³/mol. The van der Waals surface area contributed by atoms with E-state index in [4.69, 9.17) is 11.6 Å². The van der Waals surface area contributed by atoms with Gasteiger partial charge in [0.25, 0.3) is 5.56 Å². The van der Waals surface area contributed by atoms with E-state index in [-0.39, 0.29) is 10.6 Å². The van der Waals surface area contributed by atoms with Gasteiger partial charge in [-0.2, -0.15) is 9.78 Å². The van der Waals surface area contributed by atoms with Crippen molar-refractivity contribution < 1.29 is 0 Å². The second-order valence-corrected chi connectivity index (χ2v) is 6.66. The lowest BCUT2D eigenvalue weighted by Gasteiger charge is -2.28. The van der Waals surface area contributed by atoms with Crippen LogP contribution < -0.4 is 10.5 Å². The third-order valence-corrected chi connectivity index (χ3v) is 4.92. The van der Waals surface area contributed by atoms with Crippen LogP contribution in [0.4, 0.5) is 5.69 Å². The largest absolute Gasteiger partial charge is 0.372 e. The zero-order chi connectivity index (χ0) is 16.2. The van der Waals surface area contributed by atoms with Gasteiger partial charge in [0, 0.05) is 13.6 Å². The summed E-state index contributed by atoms with van der Waals surface area (Å²) in [5, 5.41) is 4.54. The molecule has 3 rings (SSSR count). The summed E-state index contributed by atoms with van der Waals surface area (Å²) >= 11 is 6.35. The average Bonchev–Trinajstić information content (AvgIpc) is 2.59. The smallest absolute Gasteiger partial charge is 0.292 e. The molecule has 1 aromatic heterocycles. The highest BCUT2D eigenvalue weighted by Crippen LogP contribution is 2.27. The molecule has 0 N–H and O–H groups in total. The maximum atomic E-state index is 12.5. The fraction of sp³-hybridized carbons (Fsp3) is 0.444. The standard InChI is InChI=1S/C18H22ClN3O/c1-21(13-14-8-4-2-5-9-14)16-12-20-22(18(23)17(16)19)15-10-6-3-7-11-15/h3,6-7,10-12,14H,2,4-5,8-9,13H2,1H3. The minimum absolute atomic E-state index is 0.238. The number of anilines is 1. The SMILES string of the molecule is CN(CC1CCCCC1)c1cnn(-c2ccccc2)c(=O)c1Cl. The van der Waals surface area contributed by atoms with Crippen molar-refractivity contribution in [1.82, 2.24) is 9.78 Å². The first-order valence-electron chi connectivity index (χ1n) is 8.21. The molecule has 1 saturated carbocycles. The third kappa shape index (κ3) is 3.58. The van der Waals surface area contributed by atoms with Crippen LogP contribution in [-0.2, 0) is 0 Å². The van der Waals surface area contributed by atoms with Gasteiger partial charge in [0.2, 0.25) is 0 Å². The van der Waals surface area contributed by atoms with Crippen LogP contribution in [0.1, 0.15) is 32.1 Å². The van der Waals surface area contributed by atoms with E-state index >= 15 is 0 Å². The number of nitrogens with zero attached hydrogens (tertiary/aromatic N) is 3. The van der Waals surface area contributed by atoms with E-state index in [9.17, 15) is 4.79 Å². The molecule has 1 aliphatic carbocycles. The average molecular weight is 332 g/mol. The maximum Gasteiger partial charge on any atom is 0.292 e. The molecule has 0 aliphatic heterocycles. The second kappa shape index (κ2) is 7.18. The van der Waals surface area contributed by atoms with E-state index in [1.807, 2.05) is 37.4 Å². The van der Waals surface area contributed by atoms with Crippen LogP contribution in [0.25, 0.3) is 5.69 Å². The fourth-order valence-electron chi connectivity index (χ4n) is 3.30. The number of hydrogen-bond donors (Lipinski definition) is 0. The van der Waals surface area contributed by atoms with Crippen molar-refractivity contribution in [3.05, 3.63) is 51.9 Å². The molecule has 0 atom stereocenters. The van der Waals surface area contributed by atoms with Crippen molar-refractivity contribution in [3.63, 3.8) is 0 Å². The quantitative estimate of drug-likeness (QED) is 0.852. The molecule has 0 saturated heterocycles. The Hall–Kier alpha value is -1.81. The summed E-state index contributed by atoms with van der Waals surface area (Å²) < 4.78 is 1.35. The highest BCUT2D eigenvalue weighted by atomic mass is 35.5. The second-order valence-electron chi connectivity index (χ2n) is 6.28. The molecule has 1 aromatic carbocycles. The summed E-state index contributed by atoms with van der Waals surface area (Å²) in [5.74, 6) is 0.682. The molecule has 4 nitrogen and oxygen atoms in total. The Labute approximate surface area is 141 Å². The van der Waals surface area contributed by atoms with Gasteiger partial charge in [-0.25, -0.2) is 0 Å². The molecule has 122 valence electrons. The zero-order valence-corrected chi connectivity index (χ0v) is 14.2. The molecular formula is C18H22ClN3O. The minimum atomic E-state index is -0.272. The highest BCUT2D eigenvalue weighted by molar-refractivity contribution is 6.33. The first kappa shape index (κ1) is 16.1. The van der Waals surface area contributed by atoms with Crippen LogP contribution in [0.15, 0.2) is 41.3 Å².